The largest absolute Gasteiger partial charge is 0.397 e. The normalized spacial score (nSPS) is 16.9. The molecule has 0 radical (unpaired) electrons. The molecule has 1 fully saturated rings. The molecule has 0 atom stereocenters. The standard InChI is InChI=1S/C15H15N3O2/c1-9-7-13(19)18(14(20)8-9)12-5-4-11(16)15-10(12)3-2-6-17-15/h2-6,9H,7-8,16H2,1H3. The highest BCUT2D eigenvalue weighted by Gasteiger charge is 2.32. The first-order valence-corrected chi connectivity index (χ1v) is 6.57. The van der Waals surface area contributed by atoms with Gasteiger partial charge in [-0.15, -0.1) is 0 Å². The number of piperidine rings is 1. The summed E-state index contributed by atoms with van der Waals surface area (Å²) in [7, 11) is 0. The molecular formula is C15H15N3O2. The first kappa shape index (κ1) is 12.6. The number of rotatable bonds is 1. The summed E-state index contributed by atoms with van der Waals surface area (Å²) < 4.78 is 0. The number of fused-ring (bicyclic) bond motifs is 1. The lowest BCUT2D eigenvalue weighted by Gasteiger charge is -2.29. The molecule has 0 bridgehead atoms. The lowest BCUT2D eigenvalue weighted by molar-refractivity contribution is -0.130. The zero-order valence-electron chi connectivity index (χ0n) is 11.2. The number of nitrogen functional groups attached to an aromatic ring is 1. The first-order valence-electron chi connectivity index (χ1n) is 6.57. The van der Waals surface area contributed by atoms with Gasteiger partial charge in [0.2, 0.25) is 11.8 Å². The molecule has 0 saturated carbocycles. The molecule has 1 aromatic carbocycles. The quantitative estimate of drug-likeness (QED) is 0.635. The van der Waals surface area contributed by atoms with E-state index < -0.39 is 0 Å². The van der Waals surface area contributed by atoms with Gasteiger partial charge in [0, 0.05) is 24.4 Å². The Morgan fingerprint density at radius 3 is 2.60 bits per heavy atom. The maximum Gasteiger partial charge on any atom is 0.234 e. The van der Waals surface area contributed by atoms with Crippen LogP contribution in [0.15, 0.2) is 30.5 Å². The average Bonchev–Trinajstić information content (AvgIpc) is 2.40. The minimum Gasteiger partial charge on any atom is -0.397 e. The summed E-state index contributed by atoms with van der Waals surface area (Å²) in [5.74, 6) is -0.225. The van der Waals surface area contributed by atoms with Crippen molar-refractivity contribution >= 4 is 34.1 Å². The van der Waals surface area contributed by atoms with Crippen LogP contribution >= 0.6 is 0 Å². The Morgan fingerprint density at radius 1 is 1.20 bits per heavy atom. The van der Waals surface area contributed by atoms with Crippen LogP contribution in [0.3, 0.4) is 0 Å². The molecular weight excluding hydrogens is 254 g/mol. The molecule has 2 amide bonds. The number of pyridine rings is 1. The van der Waals surface area contributed by atoms with Gasteiger partial charge in [-0.2, -0.15) is 0 Å². The van der Waals surface area contributed by atoms with E-state index in [1.165, 1.54) is 4.90 Å². The van der Waals surface area contributed by atoms with Crippen molar-refractivity contribution in [1.82, 2.24) is 4.98 Å². The molecule has 0 unspecified atom stereocenters. The van der Waals surface area contributed by atoms with Crippen LogP contribution in [-0.2, 0) is 9.59 Å². The molecule has 2 heterocycles. The summed E-state index contributed by atoms with van der Waals surface area (Å²) in [5.41, 5.74) is 7.62. The van der Waals surface area contributed by atoms with Crippen LogP contribution in [0.25, 0.3) is 10.9 Å². The summed E-state index contributed by atoms with van der Waals surface area (Å²) in [6.45, 7) is 1.91. The predicted octanol–water partition coefficient (Wildman–Crippen LogP) is 2.11. The number of hydrogen-bond donors (Lipinski definition) is 1. The van der Waals surface area contributed by atoms with Crippen molar-refractivity contribution in [2.45, 2.75) is 19.8 Å². The van der Waals surface area contributed by atoms with E-state index in [0.29, 0.717) is 29.7 Å². The second-order valence-electron chi connectivity index (χ2n) is 5.21. The third-order valence-electron chi connectivity index (χ3n) is 3.56. The topological polar surface area (TPSA) is 76.3 Å². The van der Waals surface area contributed by atoms with Gasteiger partial charge >= 0.3 is 0 Å². The Balaban J connectivity index is 2.17. The number of carbonyl (C=O) groups is 2. The predicted molar refractivity (Wildman–Crippen MR) is 77.0 cm³/mol. The lowest BCUT2D eigenvalue weighted by Crippen LogP contribution is -2.43. The number of amides is 2. The van der Waals surface area contributed by atoms with E-state index in [-0.39, 0.29) is 17.7 Å². The summed E-state index contributed by atoms with van der Waals surface area (Å²) in [4.78, 5) is 29.9. The van der Waals surface area contributed by atoms with Crippen molar-refractivity contribution in [3.05, 3.63) is 30.5 Å². The van der Waals surface area contributed by atoms with Gasteiger partial charge in [0.25, 0.3) is 0 Å². The summed E-state index contributed by atoms with van der Waals surface area (Å²) in [6.07, 6.45) is 2.42. The molecule has 1 aromatic heterocycles. The zero-order valence-corrected chi connectivity index (χ0v) is 11.2. The second kappa shape index (κ2) is 4.59. The highest BCUT2D eigenvalue weighted by Crippen LogP contribution is 2.33. The van der Waals surface area contributed by atoms with Gasteiger partial charge in [0.15, 0.2) is 0 Å². The maximum absolute atomic E-state index is 12.2. The third kappa shape index (κ3) is 1.91. The fourth-order valence-corrected chi connectivity index (χ4v) is 2.63. The molecule has 5 nitrogen and oxygen atoms in total. The van der Waals surface area contributed by atoms with Gasteiger partial charge in [0.05, 0.1) is 16.9 Å². The third-order valence-corrected chi connectivity index (χ3v) is 3.56. The molecule has 1 saturated heterocycles. The SMILES string of the molecule is CC1CC(=O)N(c2ccc(N)c3ncccc23)C(=O)C1. The van der Waals surface area contributed by atoms with E-state index in [9.17, 15) is 9.59 Å². The van der Waals surface area contributed by atoms with Crippen molar-refractivity contribution in [1.29, 1.82) is 0 Å². The molecule has 20 heavy (non-hydrogen) atoms. The number of anilines is 2. The fourth-order valence-electron chi connectivity index (χ4n) is 2.63. The van der Waals surface area contributed by atoms with E-state index in [0.717, 1.165) is 5.39 Å². The Labute approximate surface area is 116 Å². The number of aromatic nitrogens is 1. The number of imide groups is 1. The molecule has 0 spiro atoms. The van der Waals surface area contributed by atoms with Crippen molar-refractivity contribution in [3.63, 3.8) is 0 Å². The smallest absolute Gasteiger partial charge is 0.234 e. The van der Waals surface area contributed by atoms with E-state index in [1.54, 1.807) is 24.4 Å². The Morgan fingerprint density at radius 2 is 1.90 bits per heavy atom. The molecule has 5 heteroatoms. The Kier molecular flexibility index (Phi) is 2.89. The van der Waals surface area contributed by atoms with Crippen LogP contribution in [0.2, 0.25) is 0 Å². The lowest BCUT2D eigenvalue weighted by atomic mass is 9.96. The van der Waals surface area contributed by atoms with Gasteiger partial charge in [0.1, 0.15) is 0 Å². The average molecular weight is 269 g/mol. The van der Waals surface area contributed by atoms with Crippen molar-refractivity contribution < 1.29 is 9.59 Å². The van der Waals surface area contributed by atoms with Crippen LogP contribution in [0.1, 0.15) is 19.8 Å². The van der Waals surface area contributed by atoms with Crippen LogP contribution in [-0.4, -0.2) is 16.8 Å². The van der Waals surface area contributed by atoms with Crippen LogP contribution < -0.4 is 10.6 Å². The summed E-state index contributed by atoms with van der Waals surface area (Å²) in [5, 5.41) is 0.726. The molecule has 1 aliphatic heterocycles. The highest BCUT2D eigenvalue weighted by atomic mass is 16.2. The van der Waals surface area contributed by atoms with E-state index in [1.807, 2.05) is 13.0 Å². The molecule has 1 aliphatic rings. The van der Waals surface area contributed by atoms with E-state index in [4.69, 9.17) is 5.73 Å². The molecule has 0 aliphatic carbocycles. The van der Waals surface area contributed by atoms with Gasteiger partial charge in [-0.25, -0.2) is 4.90 Å². The van der Waals surface area contributed by atoms with E-state index >= 15 is 0 Å². The molecule has 2 aromatic rings. The number of nitrogens with two attached hydrogens (primary N) is 1. The highest BCUT2D eigenvalue weighted by molar-refractivity contribution is 6.20. The zero-order chi connectivity index (χ0) is 14.3. The van der Waals surface area contributed by atoms with Gasteiger partial charge in [-0.3, -0.25) is 14.6 Å². The minimum absolute atomic E-state index is 0.101. The van der Waals surface area contributed by atoms with Gasteiger partial charge in [-0.05, 0) is 30.2 Å². The molecule has 2 N–H and O–H groups in total. The van der Waals surface area contributed by atoms with Crippen molar-refractivity contribution in [3.8, 4) is 0 Å². The van der Waals surface area contributed by atoms with E-state index in [2.05, 4.69) is 4.98 Å². The van der Waals surface area contributed by atoms with Crippen LogP contribution in [0.5, 0.6) is 0 Å². The Bertz CT molecular complexity index is 693. The summed E-state index contributed by atoms with van der Waals surface area (Å²) in [6, 6.07) is 6.99. The van der Waals surface area contributed by atoms with Crippen molar-refractivity contribution in [2.75, 3.05) is 10.6 Å². The Hall–Kier alpha value is -2.43. The number of benzene rings is 1. The molecule has 102 valence electrons. The van der Waals surface area contributed by atoms with Gasteiger partial charge < -0.3 is 5.73 Å². The number of carbonyl (C=O) groups excluding carboxylic acids is 2. The minimum atomic E-state index is -0.163. The van der Waals surface area contributed by atoms with Crippen LogP contribution in [0, 0.1) is 5.92 Å². The van der Waals surface area contributed by atoms with Crippen LogP contribution in [0.4, 0.5) is 11.4 Å². The van der Waals surface area contributed by atoms with Gasteiger partial charge in [-0.1, -0.05) is 6.92 Å². The first-order chi connectivity index (χ1) is 9.58. The number of nitrogens with zero attached hydrogens (tertiary/aromatic N) is 2. The monoisotopic (exact) mass is 269 g/mol. The molecule has 3 rings (SSSR count). The number of hydrogen-bond acceptors (Lipinski definition) is 4. The second-order valence-corrected chi connectivity index (χ2v) is 5.21. The maximum atomic E-state index is 12.2. The fraction of sp³-hybridized carbons (Fsp3) is 0.267. The summed E-state index contributed by atoms with van der Waals surface area (Å²) >= 11 is 0. The van der Waals surface area contributed by atoms with Crippen molar-refractivity contribution in [2.24, 2.45) is 5.92 Å².